The van der Waals surface area contributed by atoms with Crippen molar-refractivity contribution in [3.63, 3.8) is 0 Å². The molecule has 174 valence electrons. The van der Waals surface area contributed by atoms with Crippen molar-refractivity contribution < 1.29 is 24.2 Å². The van der Waals surface area contributed by atoms with Gasteiger partial charge in [-0.15, -0.1) is 0 Å². The van der Waals surface area contributed by atoms with Crippen molar-refractivity contribution in [3.8, 4) is 11.5 Å². The number of piperidine rings is 1. The zero-order valence-electron chi connectivity index (χ0n) is 19.6. The standard InChI is InChI=1S/C26H30N2O5/c1-16-7-8-19(12-17(16)2)23-24(27-11-5-6-18(14-27)15-29)26(31)28(25(23)30)20-9-10-21(32-3)22(13-20)33-4/h7-10,12-13,18,29H,5-6,11,14-15H2,1-4H3. The molecule has 2 heterocycles. The second kappa shape index (κ2) is 9.27. The number of aliphatic hydroxyl groups excluding tert-OH is 1. The van der Waals surface area contributed by atoms with Crippen molar-refractivity contribution in [1.82, 2.24) is 4.90 Å². The Morgan fingerprint density at radius 1 is 0.970 bits per heavy atom. The number of methoxy groups -OCH3 is 2. The summed E-state index contributed by atoms with van der Waals surface area (Å²) in [6.07, 6.45) is 1.76. The van der Waals surface area contributed by atoms with E-state index in [9.17, 15) is 14.7 Å². The maximum absolute atomic E-state index is 13.8. The lowest BCUT2D eigenvalue weighted by molar-refractivity contribution is -0.120. The van der Waals surface area contributed by atoms with Gasteiger partial charge in [0, 0.05) is 25.8 Å². The van der Waals surface area contributed by atoms with Crippen molar-refractivity contribution in [2.24, 2.45) is 5.92 Å². The maximum Gasteiger partial charge on any atom is 0.282 e. The molecule has 0 aromatic heterocycles. The first-order valence-corrected chi connectivity index (χ1v) is 11.2. The molecule has 0 spiro atoms. The largest absolute Gasteiger partial charge is 0.493 e. The number of ether oxygens (including phenoxy) is 2. The van der Waals surface area contributed by atoms with Gasteiger partial charge in [0.2, 0.25) is 0 Å². The van der Waals surface area contributed by atoms with Crippen LogP contribution in [0.15, 0.2) is 42.1 Å². The molecule has 7 nitrogen and oxygen atoms in total. The molecular formula is C26H30N2O5. The molecule has 7 heteroatoms. The highest BCUT2D eigenvalue weighted by Gasteiger charge is 2.43. The lowest BCUT2D eigenvalue weighted by Crippen LogP contribution is -2.40. The highest BCUT2D eigenvalue weighted by atomic mass is 16.5. The first kappa shape index (κ1) is 22.9. The molecule has 1 fully saturated rings. The Hall–Kier alpha value is -3.32. The van der Waals surface area contributed by atoms with Crippen LogP contribution in [0.3, 0.4) is 0 Å². The molecule has 1 atom stereocenters. The molecule has 33 heavy (non-hydrogen) atoms. The number of carbonyl (C=O) groups excluding carboxylic acids is 2. The number of nitrogens with zero attached hydrogens (tertiary/aromatic N) is 2. The molecule has 2 aliphatic heterocycles. The Kier molecular flexibility index (Phi) is 6.42. The summed E-state index contributed by atoms with van der Waals surface area (Å²) in [5.74, 6) is 0.306. The predicted octanol–water partition coefficient (Wildman–Crippen LogP) is 3.31. The summed E-state index contributed by atoms with van der Waals surface area (Å²) in [6, 6.07) is 10.8. The summed E-state index contributed by atoms with van der Waals surface area (Å²) in [5, 5.41) is 9.73. The van der Waals surface area contributed by atoms with Crippen LogP contribution in [0.25, 0.3) is 5.57 Å². The fourth-order valence-electron chi connectivity index (χ4n) is 4.58. The van der Waals surface area contributed by atoms with E-state index in [1.807, 2.05) is 36.9 Å². The van der Waals surface area contributed by atoms with Gasteiger partial charge in [-0.25, -0.2) is 4.90 Å². The lowest BCUT2D eigenvalue weighted by atomic mass is 9.96. The normalized spacial score (nSPS) is 18.9. The zero-order valence-corrected chi connectivity index (χ0v) is 19.6. The zero-order chi connectivity index (χ0) is 23.7. The minimum Gasteiger partial charge on any atom is -0.493 e. The number of likely N-dealkylation sites (tertiary alicyclic amines) is 1. The van der Waals surface area contributed by atoms with Gasteiger partial charge in [-0.3, -0.25) is 9.59 Å². The molecule has 2 aromatic carbocycles. The number of aliphatic hydroxyl groups is 1. The molecule has 4 rings (SSSR count). The Morgan fingerprint density at radius 3 is 2.39 bits per heavy atom. The molecule has 0 radical (unpaired) electrons. The van der Waals surface area contributed by atoms with Crippen LogP contribution in [0.1, 0.15) is 29.5 Å². The van der Waals surface area contributed by atoms with Crippen molar-refractivity contribution >= 4 is 23.1 Å². The number of carbonyl (C=O) groups is 2. The molecule has 2 amide bonds. The monoisotopic (exact) mass is 450 g/mol. The van der Waals surface area contributed by atoms with Gasteiger partial charge < -0.3 is 19.5 Å². The summed E-state index contributed by atoms with van der Waals surface area (Å²) in [4.78, 5) is 30.7. The van der Waals surface area contributed by atoms with Crippen molar-refractivity contribution in [2.45, 2.75) is 26.7 Å². The van der Waals surface area contributed by atoms with Gasteiger partial charge in [0.1, 0.15) is 5.70 Å². The van der Waals surface area contributed by atoms with Crippen LogP contribution in [0, 0.1) is 19.8 Å². The third kappa shape index (κ3) is 4.09. The van der Waals surface area contributed by atoms with Gasteiger partial charge >= 0.3 is 0 Å². The van der Waals surface area contributed by atoms with Crippen LogP contribution in [0.2, 0.25) is 0 Å². The Bertz CT molecular complexity index is 1120. The molecule has 1 unspecified atom stereocenters. The fraction of sp³-hybridized carbons (Fsp3) is 0.385. The maximum atomic E-state index is 13.8. The van der Waals surface area contributed by atoms with E-state index in [0.29, 0.717) is 41.5 Å². The molecule has 0 aliphatic carbocycles. The van der Waals surface area contributed by atoms with Crippen molar-refractivity contribution in [3.05, 3.63) is 58.8 Å². The highest BCUT2D eigenvalue weighted by molar-refractivity contribution is 6.45. The minimum absolute atomic E-state index is 0.0598. The SMILES string of the molecule is COc1ccc(N2C(=O)C(c3ccc(C)c(C)c3)=C(N3CCCC(CO)C3)C2=O)cc1OC. The van der Waals surface area contributed by atoms with E-state index in [0.717, 1.165) is 29.5 Å². The molecule has 2 aromatic rings. The van der Waals surface area contributed by atoms with Gasteiger partial charge in [-0.2, -0.15) is 0 Å². The number of amides is 2. The quantitative estimate of drug-likeness (QED) is 0.681. The third-order valence-corrected chi connectivity index (χ3v) is 6.57. The number of rotatable bonds is 6. The van der Waals surface area contributed by atoms with Gasteiger partial charge in [-0.05, 0) is 61.4 Å². The average Bonchev–Trinajstić information content (AvgIpc) is 3.10. The molecule has 1 N–H and O–H groups in total. The average molecular weight is 451 g/mol. The van der Waals surface area contributed by atoms with Crippen LogP contribution >= 0.6 is 0 Å². The summed E-state index contributed by atoms with van der Waals surface area (Å²) in [5.41, 5.74) is 4.12. The third-order valence-electron chi connectivity index (χ3n) is 6.57. The Labute approximate surface area is 194 Å². The number of hydrogen-bond acceptors (Lipinski definition) is 6. The van der Waals surface area contributed by atoms with E-state index in [-0.39, 0.29) is 24.3 Å². The number of imide groups is 1. The van der Waals surface area contributed by atoms with E-state index < -0.39 is 0 Å². The smallest absolute Gasteiger partial charge is 0.282 e. The summed E-state index contributed by atoms with van der Waals surface area (Å²) < 4.78 is 10.7. The summed E-state index contributed by atoms with van der Waals surface area (Å²) in [7, 11) is 3.05. The highest BCUT2D eigenvalue weighted by Crippen LogP contribution is 2.39. The molecule has 2 aliphatic rings. The Morgan fingerprint density at radius 2 is 1.73 bits per heavy atom. The predicted molar refractivity (Wildman–Crippen MR) is 126 cm³/mol. The number of aryl methyl sites for hydroxylation is 2. The van der Waals surface area contributed by atoms with Gasteiger partial charge in [0.15, 0.2) is 11.5 Å². The summed E-state index contributed by atoms with van der Waals surface area (Å²) in [6.45, 7) is 5.28. The second-order valence-electron chi connectivity index (χ2n) is 8.64. The molecule has 0 saturated carbocycles. The van der Waals surface area contributed by atoms with E-state index in [4.69, 9.17) is 9.47 Å². The minimum atomic E-state index is -0.364. The van der Waals surface area contributed by atoms with Crippen LogP contribution < -0.4 is 14.4 Å². The number of anilines is 1. The van der Waals surface area contributed by atoms with E-state index in [2.05, 4.69) is 0 Å². The van der Waals surface area contributed by atoms with Crippen LogP contribution in [-0.2, 0) is 9.59 Å². The molecule has 1 saturated heterocycles. The Balaban J connectivity index is 1.83. The first-order chi connectivity index (χ1) is 15.9. The topological polar surface area (TPSA) is 79.3 Å². The molecular weight excluding hydrogens is 420 g/mol. The fourth-order valence-corrected chi connectivity index (χ4v) is 4.58. The van der Waals surface area contributed by atoms with Crippen LogP contribution in [0.4, 0.5) is 5.69 Å². The van der Waals surface area contributed by atoms with Gasteiger partial charge in [-0.1, -0.05) is 18.2 Å². The number of benzene rings is 2. The molecule has 0 bridgehead atoms. The number of hydrogen-bond donors (Lipinski definition) is 1. The first-order valence-electron chi connectivity index (χ1n) is 11.2. The van der Waals surface area contributed by atoms with E-state index >= 15 is 0 Å². The van der Waals surface area contributed by atoms with Crippen molar-refractivity contribution in [1.29, 1.82) is 0 Å². The lowest BCUT2D eigenvalue weighted by Gasteiger charge is -2.34. The van der Waals surface area contributed by atoms with E-state index in [1.165, 1.54) is 19.1 Å². The van der Waals surface area contributed by atoms with Crippen LogP contribution in [0.5, 0.6) is 11.5 Å². The van der Waals surface area contributed by atoms with Crippen molar-refractivity contribution in [2.75, 3.05) is 38.8 Å². The van der Waals surface area contributed by atoms with Crippen LogP contribution in [-0.4, -0.2) is 55.7 Å². The van der Waals surface area contributed by atoms with Gasteiger partial charge in [0.25, 0.3) is 11.8 Å². The second-order valence-corrected chi connectivity index (χ2v) is 8.64. The summed E-state index contributed by atoms with van der Waals surface area (Å²) >= 11 is 0. The van der Waals surface area contributed by atoms with Gasteiger partial charge in [0.05, 0.1) is 25.5 Å². The van der Waals surface area contributed by atoms with E-state index in [1.54, 1.807) is 18.2 Å².